The minimum absolute atomic E-state index is 1.43. The predicted molar refractivity (Wildman–Crippen MR) is 91.4 cm³/mol. The minimum atomic E-state index is -1.64. The molecule has 0 spiro atoms. The first-order valence-electron chi connectivity index (χ1n) is 6.22. The molecule has 0 aromatic heterocycles. The molecule has 104 valence electrons. The van der Waals surface area contributed by atoms with E-state index in [1.54, 1.807) is 0 Å². The number of rotatable bonds is 6. The lowest BCUT2D eigenvalue weighted by molar-refractivity contribution is 0.570. The van der Waals surface area contributed by atoms with Crippen LogP contribution in [0.2, 0.25) is 65.5 Å². The quantitative estimate of drug-likeness (QED) is 0.652. The molecule has 0 amide bonds. The first-order valence-corrected chi connectivity index (χ1v) is 21.1. The molecule has 0 atom stereocenters. The Hall–Kier alpha value is 1.14. The SMILES string of the molecule is C[Si](C)(C)O[Si](C)(C)S[Si](C)(C)O[Si](C)(C)C. The fraction of sp³-hybridized carbons (Fsp3) is 1.00. The van der Waals surface area contributed by atoms with Crippen LogP contribution in [0.15, 0.2) is 0 Å². The Labute approximate surface area is 116 Å². The van der Waals surface area contributed by atoms with Crippen molar-refractivity contribution in [2.75, 3.05) is 0 Å². The molecule has 0 N–H and O–H groups in total. The largest absolute Gasteiger partial charge is 0.449 e. The van der Waals surface area contributed by atoms with Crippen LogP contribution in [0.25, 0.3) is 0 Å². The summed E-state index contributed by atoms with van der Waals surface area (Å²) in [5.74, 6) is 0. The molecule has 0 bridgehead atoms. The van der Waals surface area contributed by atoms with Gasteiger partial charge in [0.05, 0.1) is 0 Å². The summed E-state index contributed by atoms with van der Waals surface area (Å²) < 4.78 is 12.8. The normalized spacial score (nSPS) is 15.2. The van der Waals surface area contributed by atoms with E-state index in [2.05, 4.69) is 76.1 Å². The maximum absolute atomic E-state index is 6.39. The van der Waals surface area contributed by atoms with Crippen LogP contribution < -0.4 is 0 Å². The first-order chi connectivity index (χ1) is 7.12. The molecule has 0 fully saturated rings. The van der Waals surface area contributed by atoms with E-state index in [-0.39, 0.29) is 0 Å². The fourth-order valence-electron chi connectivity index (χ4n) is 2.11. The first kappa shape index (κ1) is 18.1. The third-order valence-corrected chi connectivity index (χ3v) is 24.7. The van der Waals surface area contributed by atoms with Gasteiger partial charge in [0.25, 0.3) is 0 Å². The molecule has 0 radical (unpaired) electrons. The Balaban J connectivity index is 4.59. The third kappa shape index (κ3) is 10.7. The average Bonchev–Trinajstić information content (AvgIpc) is 1.65. The van der Waals surface area contributed by atoms with Crippen LogP contribution in [-0.2, 0) is 8.23 Å². The van der Waals surface area contributed by atoms with Crippen molar-refractivity contribution in [2.24, 2.45) is 0 Å². The zero-order valence-corrected chi connectivity index (χ0v) is 18.0. The molecule has 0 aliphatic heterocycles. The Bertz CT molecular complexity index is 230. The molecule has 0 saturated heterocycles. The molecule has 0 aliphatic rings. The van der Waals surface area contributed by atoms with Gasteiger partial charge in [0.15, 0.2) is 16.6 Å². The molecule has 17 heavy (non-hydrogen) atoms. The van der Waals surface area contributed by atoms with E-state index >= 15 is 0 Å². The lowest BCUT2D eigenvalue weighted by Gasteiger charge is -2.38. The summed E-state index contributed by atoms with van der Waals surface area (Å²) >= 11 is 0. The zero-order valence-electron chi connectivity index (χ0n) is 13.2. The van der Waals surface area contributed by atoms with Gasteiger partial charge in [-0.1, -0.05) is 0 Å². The van der Waals surface area contributed by atoms with Gasteiger partial charge in [0.1, 0.15) is 0 Å². The van der Waals surface area contributed by atoms with Crippen LogP contribution in [0.4, 0.5) is 0 Å². The van der Waals surface area contributed by atoms with Crippen LogP contribution in [-0.4, -0.2) is 31.6 Å². The van der Waals surface area contributed by atoms with Crippen molar-refractivity contribution in [3.8, 4) is 0 Å². The maximum Gasteiger partial charge on any atom is 0.233 e. The molecular weight excluding hydrogens is 297 g/mol. The molecule has 2 nitrogen and oxygen atoms in total. The van der Waals surface area contributed by atoms with Gasteiger partial charge in [0.2, 0.25) is 14.9 Å². The van der Waals surface area contributed by atoms with Gasteiger partial charge >= 0.3 is 0 Å². The van der Waals surface area contributed by atoms with Crippen molar-refractivity contribution in [3.05, 3.63) is 0 Å². The third-order valence-electron chi connectivity index (χ3n) is 1.60. The van der Waals surface area contributed by atoms with E-state index in [0.29, 0.717) is 0 Å². The smallest absolute Gasteiger partial charge is 0.233 e. The lowest BCUT2D eigenvalue weighted by Crippen LogP contribution is -2.48. The number of hydrogen-bond acceptors (Lipinski definition) is 3. The Morgan fingerprint density at radius 3 is 0.941 bits per heavy atom. The molecule has 0 aliphatic carbocycles. The van der Waals surface area contributed by atoms with E-state index in [4.69, 9.17) is 8.23 Å². The highest BCUT2D eigenvalue weighted by Crippen LogP contribution is 2.35. The van der Waals surface area contributed by atoms with Gasteiger partial charge in [-0.05, 0) is 65.5 Å². The van der Waals surface area contributed by atoms with E-state index in [9.17, 15) is 0 Å². The van der Waals surface area contributed by atoms with Crippen LogP contribution in [0.5, 0.6) is 0 Å². The summed E-state index contributed by atoms with van der Waals surface area (Å²) in [4.78, 5) is 0. The van der Waals surface area contributed by atoms with Crippen molar-refractivity contribution < 1.29 is 8.23 Å². The molecule has 7 heteroatoms. The van der Waals surface area contributed by atoms with Crippen LogP contribution in [0, 0.1) is 0 Å². The van der Waals surface area contributed by atoms with Crippen molar-refractivity contribution in [1.82, 2.24) is 0 Å². The van der Waals surface area contributed by atoms with E-state index in [0.717, 1.165) is 0 Å². The second kappa shape index (κ2) is 5.64. The highest BCUT2D eigenvalue weighted by atomic mass is 32.5. The van der Waals surface area contributed by atoms with E-state index in [1.807, 2.05) is 0 Å². The summed E-state index contributed by atoms with van der Waals surface area (Å²) in [6, 6.07) is 0. The van der Waals surface area contributed by atoms with Gasteiger partial charge in [-0.25, -0.2) is 0 Å². The van der Waals surface area contributed by atoms with Gasteiger partial charge in [0, 0.05) is 0 Å². The van der Waals surface area contributed by atoms with Crippen molar-refractivity contribution in [1.29, 1.82) is 0 Å². The number of hydrogen-bond donors (Lipinski definition) is 0. The minimum Gasteiger partial charge on any atom is -0.449 e. The van der Waals surface area contributed by atoms with Crippen molar-refractivity contribution >= 4 is 42.2 Å². The second-order valence-electron chi connectivity index (χ2n) is 7.33. The molecule has 0 unspecified atom stereocenters. The van der Waals surface area contributed by atoms with Gasteiger partial charge in [-0.2, -0.15) is 10.7 Å². The lowest BCUT2D eigenvalue weighted by atomic mass is 11.8. The van der Waals surface area contributed by atoms with Crippen molar-refractivity contribution in [2.45, 2.75) is 65.5 Å². The summed E-state index contributed by atoms with van der Waals surface area (Å²) in [5.41, 5.74) is 0. The Kier molecular flexibility index (Phi) is 6.01. The van der Waals surface area contributed by atoms with E-state index < -0.39 is 31.6 Å². The average molecular weight is 327 g/mol. The predicted octanol–water partition coefficient (Wildman–Crippen LogP) is 4.83. The Morgan fingerprint density at radius 1 is 0.529 bits per heavy atom. The Morgan fingerprint density at radius 2 is 0.765 bits per heavy atom. The standard InChI is InChI=1S/C10H30O2SSi4/c1-14(2,3)11-16(7,8)13-17(9,10)12-15(4,5)6/h1-10H3. The molecule has 0 rings (SSSR count). The summed E-state index contributed by atoms with van der Waals surface area (Å²) in [7, 11) is -4.08. The highest BCUT2D eigenvalue weighted by molar-refractivity contribution is 8.49. The summed E-state index contributed by atoms with van der Waals surface area (Å²) in [6.45, 7) is 22.9. The fourth-order valence-corrected chi connectivity index (χ4v) is 37.1. The van der Waals surface area contributed by atoms with Gasteiger partial charge < -0.3 is 8.23 Å². The van der Waals surface area contributed by atoms with E-state index in [1.165, 1.54) is 0 Å². The zero-order chi connectivity index (χ0) is 14.1. The van der Waals surface area contributed by atoms with Crippen LogP contribution in [0.1, 0.15) is 0 Å². The monoisotopic (exact) mass is 326 g/mol. The van der Waals surface area contributed by atoms with Crippen molar-refractivity contribution in [3.63, 3.8) is 0 Å². The molecule has 0 saturated carbocycles. The summed E-state index contributed by atoms with van der Waals surface area (Å²) in [5, 5.41) is 0. The molecule has 0 heterocycles. The second-order valence-corrected chi connectivity index (χ2v) is 31.6. The van der Waals surface area contributed by atoms with Crippen LogP contribution >= 0.6 is 10.7 Å². The molecular formula is C10H30O2SSi4. The van der Waals surface area contributed by atoms with Crippen LogP contribution in [0.3, 0.4) is 0 Å². The summed E-state index contributed by atoms with van der Waals surface area (Å²) in [6.07, 6.45) is 0. The molecule has 0 aromatic rings. The topological polar surface area (TPSA) is 18.5 Å². The molecule has 0 aromatic carbocycles. The maximum atomic E-state index is 6.39. The highest BCUT2D eigenvalue weighted by Gasteiger charge is 2.40. The van der Waals surface area contributed by atoms with Gasteiger partial charge in [-0.3, -0.25) is 0 Å². The van der Waals surface area contributed by atoms with Gasteiger partial charge in [-0.15, -0.1) is 0 Å².